The SMILES string of the molecule is COC(=O)[C@@H](C[C@]1(O)c2ccccc2N2C(=O)[C@H](C)N(C(=O)OCc3ccccc3)[C@@H]21)NC(=O)OCC(Cl)(Cl)Cl. The molecule has 0 saturated carbocycles. The van der Waals surface area contributed by atoms with Crippen molar-refractivity contribution in [2.45, 2.75) is 47.6 Å². The van der Waals surface area contributed by atoms with Crippen molar-refractivity contribution >= 4 is 64.6 Å². The third kappa shape index (κ3) is 5.92. The van der Waals surface area contributed by atoms with Crippen molar-refractivity contribution in [1.29, 1.82) is 0 Å². The second-order valence-electron chi connectivity index (χ2n) is 9.26. The zero-order valence-electron chi connectivity index (χ0n) is 21.4. The zero-order valence-corrected chi connectivity index (χ0v) is 23.7. The number of benzene rings is 2. The molecule has 4 atom stereocenters. The molecule has 1 fully saturated rings. The summed E-state index contributed by atoms with van der Waals surface area (Å²) in [5.41, 5.74) is -0.734. The fourth-order valence-corrected chi connectivity index (χ4v) is 5.07. The lowest BCUT2D eigenvalue weighted by molar-refractivity contribution is -0.146. The van der Waals surface area contributed by atoms with Crippen molar-refractivity contribution < 1.29 is 38.5 Å². The van der Waals surface area contributed by atoms with Gasteiger partial charge in [-0.3, -0.25) is 14.6 Å². The Hall–Kier alpha value is -3.25. The van der Waals surface area contributed by atoms with Crippen LogP contribution in [0.5, 0.6) is 0 Å². The number of halogens is 3. The lowest BCUT2D eigenvalue weighted by Crippen LogP contribution is -2.57. The van der Waals surface area contributed by atoms with Gasteiger partial charge in [-0.2, -0.15) is 0 Å². The Labute approximate surface area is 244 Å². The first-order valence-electron chi connectivity index (χ1n) is 12.1. The van der Waals surface area contributed by atoms with E-state index < -0.39 is 64.7 Å². The van der Waals surface area contributed by atoms with Gasteiger partial charge in [0.2, 0.25) is 3.79 Å². The average molecular weight is 615 g/mol. The summed E-state index contributed by atoms with van der Waals surface area (Å²) in [6.07, 6.45) is -3.79. The Morgan fingerprint density at radius 1 is 1.07 bits per heavy atom. The summed E-state index contributed by atoms with van der Waals surface area (Å²) in [7, 11) is 1.09. The fraction of sp³-hybridized carbons (Fsp3) is 0.385. The van der Waals surface area contributed by atoms with Crippen LogP contribution in [0.2, 0.25) is 0 Å². The Bertz CT molecular complexity index is 1290. The van der Waals surface area contributed by atoms with E-state index in [9.17, 15) is 24.3 Å². The second-order valence-corrected chi connectivity index (χ2v) is 11.8. The summed E-state index contributed by atoms with van der Waals surface area (Å²) in [6, 6.07) is 12.9. The highest BCUT2D eigenvalue weighted by atomic mass is 35.6. The molecule has 2 aliphatic rings. The van der Waals surface area contributed by atoms with Crippen LogP contribution < -0.4 is 10.2 Å². The molecule has 0 radical (unpaired) electrons. The van der Waals surface area contributed by atoms with E-state index in [1.165, 1.54) is 11.8 Å². The van der Waals surface area contributed by atoms with Crippen molar-refractivity contribution in [3.63, 3.8) is 0 Å². The van der Waals surface area contributed by atoms with Gasteiger partial charge in [0, 0.05) is 12.0 Å². The molecule has 0 aliphatic carbocycles. The molecule has 2 heterocycles. The van der Waals surface area contributed by atoms with E-state index in [-0.39, 0.29) is 12.2 Å². The molecular weight excluding hydrogens is 589 g/mol. The molecule has 11 nitrogen and oxygen atoms in total. The summed E-state index contributed by atoms with van der Waals surface area (Å²) in [5.74, 6) is -1.39. The Morgan fingerprint density at radius 3 is 2.38 bits per heavy atom. The number of carbonyl (C=O) groups excluding carboxylic acids is 4. The number of hydrogen-bond acceptors (Lipinski definition) is 8. The normalized spacial score (nSPS) is 22.3. The van der Waals surface area contributed by atoms with Gasteiger partial charge < -0.3 is 24.6 Å². The Morgan fingerprint density at radius 2 is 1.73 bits per heavy atom. The van der Waals surface area contributed by atoms with E-state index in [2.05, 4.69) is 5.32 Å². The number of anilines is 1. The van der Waals surface area contributed by atoms with Crippen LogP contribution in [0, 0.1) is 0 Å². The van der Waals surface area contributed by atoms with E-state index in [1.54, 1.807) is 48.5 Å². The van der Waals surface area contributed by atoms with Crippen molar-refractivity contribution in [3.8, 4) is 0 Å². The smallest absolute Gasteiger partial charge is 0.412 e. The van der Waals surface area contributed by atoms with Crippen molar-refractivity contribution in [2.75, 3.05) is 18.6 Å². The largest absolute Gasteiger partial charge is 0.467 e. The number of aliphatic hydroxyl groups is 1. The van der Waals surface area contributed by atoms with Crippen LogP contribution in [0.15, 0.2) is 54.6 Å². The zero-order chi connectivity index (χ0) is 29.2. The van der Waals surface area contributed by atoms with Gasteiger partial charge in [0.15, 0.2) is 0 Å². The van der Waals surface area contributed by atoms with Crippen molar-refractivity contribution in [3.05, 3.63) is 65.7 Å². The standard InChI is InChI=1S/C26H26Cl3N3O8/c1-15-20(33)32-19-11-7-6-10-17(19)25(37,12-18(21(34)38-2)30-23(35)40-14-26(27,28)29)22(32)31(15)24(36)39-13-16-8-4-3-5-9-16/h3-11,15,18,22,37H,12-14H2,1-2H3,(H,30,35)/t15-,18+,22-,25-/m0/s1. The maximum absolute atomic E-state index is 13.4. The number of nitrogens with zero attached hydrogens (tertiary/aromatic N) is 2. The summed E-state index contributed by atoms with van der Waals surface area (Å²) in [4.78, 5) is 54.3. The van der Waals surface area contributed by atoms with Gasteiger partial charge in [0.25, 0.3) is 5.91 Å². The number of alkyl halides is 3. The number of fused-ring (bicyclic) bond motifs is 3. The molecule has 2 aromatic carbocycles. The monoisotopic (exact) mass is 613 g/mol. The van der Waals surface area contributed by atoms with Crippen LogP contribution in [0.3, 0.4) is 0 Å². The predicted molar refractivity (Wildman–Crippen MR) is 145 cm³/mol. The van der Waals surface area contributed by atoms with Crippen molar-refractivity contribution in [2.24, 2.45) is 0 Å². The topological polar surface area (TPSA) is 135 Å². The van der Waals surface area contributed by atoms with E-state index in [0.29, 0.717) is 5.69 Å². The first kappa shape index (κ1) is 29.7. The number of nitrogens with one attached hydrogen (secondary N) is 1. The number of para-hydroxylation sites is 1. The molecule has 0 unspecified atom stereocenters. The molecule has 14 heteroatoms. The van der Waals surface area contributed by atoms with Crippen molar-refractivity contribution in [1.82, 2.24) is 10.2 Å². The lowest BCUT2D eigenvalue weighted by Gasteiger charge is -2.37. The lowest BCUT2D eigenvalue weighted by atomic mass is 9.86. The van der Waals surface area contributed by atoms with E-state index >= 15 is 0 Å². The third-order valence-electron chi connectivity index (χ3n) is 6.65. The minimum atomic E-state index is -2.05. The second kappa shape index (κ2) is 11.7. The first-order valence-corrected chi connectivity index (χ1v) is 13.2. The Kier molecular flexibility index (Phi) is 8.69. The fourth-order valence-electron chi connectivity index (χ4n) is 4.91. The predicted octanol–water partition coefficient (Wildman–Crippen LogP) is 3.62. The number of amides is 3. The number of alkyl carbamates (subject to hydrolysis) is 1. The highest BCUT2D eigenvalue weighted by molar-refractivity contribution is 6.67. The number of esters is 1. The molecule has 1 saturated heterocycles. The molecule has 2 aromatic rings. The van der Waals surface area contributed by atoms with Gasteiger partial charge in [-0.15, -0.1) is 0 Å². The molecule has 2 aliphatic heterocycles. The molecule has 4 rings (SSSR count). The minimum Gasteiger partial charge on any atom is -0.467 e. The summed E-state index contributed by atoms with van der Waals surface area (Å²) in [5, 5.41) is 14.5. The number of methoxy groups -OCH3 is 1. The van der Waals surface area contributed by atoms with E-state index in [1.807, 2.05) is 6.07 Å². The van der Waals surface area contributed by atoms with Gasteiger partial charge in [-0.25, -0.2) is 14.4 Å². The van der Waals surface area contributed by atoms with E-state index in [4.69, 9.17) is 49.0 Å². The van der Waals surface area contributed by atoms with Gasteiger partial charge in [-0.1, -0.05) is 83.3 Å². The molecular formula is C26H26Cl3N3O8. The number of rotatable bonds is 7. The summed E-state index contributed by atoms with van der Waals surface area (Å²) >= 11 is 16.9. The van der Waals surface area contributed by atoms with Crippen LogP contribution in [-0.2, 0) is 36.0 Å². The van der Waals surface area contributed by atoms with Crippen LogP contribution in [-0.4, -0.2) is 69.8 Å². The molecule has 0 aromatic heterocycles. The van der Waals surface area contributed by atoms with E-state index in [0.717, 1.165) is 17.6 Å². The molecule has 214 valence electrons. The quantitative estimate of drug-likeness (QED) is 0.274. The van der Waals surface area contributed by atoms with Crippen LogP contribution >= 0.6 is 34.8 Å². The molecule has 3 amide bonds. The minimum absolute atomic E-state index is 0.0728. The number of carbonyl (C=O) groups is 4. The molecule has 40 heavy (non-hydrogen) atoms. The maximum atomic E-state index is 13.4. The van der Waals surface area contributed by atoms with Crippen LogP contribution in [0.1, 0.15) is 24.5 Å². The van der Waals surface area contributed by atoms with Gasteiger partial charge in [0.1, 0.15) is 37.1 Å². The Balaban J connectivity index is 1.66. The summed E-state index contributed by atoms with van der Waals surface area (Å²) < 4.78 is 13.3. The van der Waals surface area contributed by atoms with Gasteiger partial charge >= 0.3 is 18.2 Å². The average Bonchev–Trinajstić information content (AvgIpc) is 3.34. The highest BCUT2D eigenvalue weighted by Gasteiger charge is 2.63. The van der Waals surface area contributed by atoms with Crippen LogP contribution in [0.25, 0.3) is 0 Å². The number of hydrogen-bond donors (Lipinski definition) is 2. The third-order valence-corrected chi connectivity index (χ3v) is 6.98. The van der Waals surface area contributed by atoms with Gasteiger partial charge in [-0.05, 0) is 18.6 Å². The van der Waals surface area contributed by atoms with Crippen LogP contribution in [0.4, 0.5) is 15.3 Å². The first-order chi connectivity index (χ1) is 18.9. The highest BCUT2D eigenvalue weighted by Crippen LogP contribution is 2.51. The maximum Gasteiger partial charge on any atom is 0.412 e. The summed E-state index contributed by atoms with van der Waals surface area (Å²) in [6.45, 7) is 0.822. The molecule has 0 spiro atoms. The number of ether oxygens (including phenoxy) is 3. The molecule has 0 bridgehead atoms. The molecule has 2 N–H and O–H groups in total. The van der Waals surface area contributed by atoms with Gasteiger partial charge in [0.05, 0.1) is 12.8 Å².